The van der Waals surface area contributed by atoms with Gasteiger partial charge in [0.05, 0.1) is 0 Å². The van der Waals surface area contributed by atoms with E-state index in [-0.39, 0.29) is 0 Å². The summed E-state index contributed by atoms with van der Waals surface area (Å²) >= 11 is 18.3. The lowest BCUT2D eigenvalue weighted by atomic mass is 10.1. The third kappa shape index (κ3) is 5.15. The molecule has 3 aromatic rings. The van der Waals surface area contributed by atoms with Crippen LogP contribution in [0, 0.1) is 0 Å². The van der Waals surface area contributed by atoms with Gasteiger partial charge in [-0.15, -0.1) is 0 Å². The van der Waals surface area contributed by atoms with E-state index in [0.717, 1.165) is 27.5 Å². The Labute approximate surface area is 168 Å². The highest BCUT2D eigenvalue weighted by molar-refractivity contribution is 6.35. The van der Waals surface area contributed by atoms with Crippen molar-refractivity contribution >= 4 is 34.8 Å². The summed E-state index contributed by atoms with van der Waals surface area (Å²) in [6.07, 6.45) is 0. The zero-order chi connectivity index (χ0) is 18.4. The van der Waals surface area contributed by atoms with E-state index in [2.05, 4.69) is 5.32 Å². The fourth-order valence-electron chi connectivity index (χ4n) is 2.56. The molecule has 134 valence electrons. The van der Waals surface area contributed by atoms with E-state index in [4.69, 9.17) is 39.5 Å². The molecule has 26 heavy (non-hydrogen) atoms. The molecule has 0 saturated carbocycles. The first-order valence-electron chi connectivity index (χ1n) is 8.22. The maximum Gasteiger partial charge on any atom is 0.124 e. The highest BCUT2D eigenvalue weighted by Gasteiger charge is 2.07. The molecule has 0 aliphatic heterocycles. The zero-order valence-corrected chi connectivity index (χ0v) is 16.3. The highest BCUT2D eigenvalue weighted by atomic mass is 35.5. The van der Waals surface area contributed by atoms with E-state index in [1.165, 1.54) is 0 Å². The van der Waals surface area contributed by atoms with Crippen LogP contribution in [0.25, 0.3) is 0 Å². The Morgan fingerprint density at radius 1 is 0.692 bits per heavy atom. The van der Waals surface area contributed by atoms with Gasteiger partial charge >= 0.3 is 0 Å². The summed E-state index contributed by atoms with van der Waals surface area (Å²) in [5, 5.41) is 5.39. The van der Waals surface area contributed by atoms with Gasteiger partial charge < -0.3 is 10.1 Å². The van der Waals surface area contributed by atoms with Gasteiger partial charge in [-0.2, -0.15) is 0 Å². The lowest BCUT2D eigenvalue weighted by molar-refractivity contribution is 0.302. The Bertz CT molecular complexity index is 883. The van der Waals surface area contributed by atoms with Crippen molar-refractivity contribution < 1.29 is 4.74 Å². The highest BCUT2D eigenvalue weighted by Crippen LogP contribution is 2.24. The third-order valence-electron chi connectivity index (χ3n) is 3.96. The van der Waals surface area contributed by atoms with E-state index in [9.17, 15) is 0 Å². The summed E-state index contributed by atoms with van der Waals surface area (Å²) in [6.45, 7) is 1.75. The van der Waals surface area contributed by atoms with Crippen LogP contribution in [-0.4, -0.2) is 0 Å². The Balaban J connectivity index is 1.61. The quantitative estimate of drug-likeness (QED) is 0.482. The van der Waals surface area contributed by atoms with Crippen molar-refractivity contribution in [2.24, 2.45) is 0 Å². The Hall–Kier alpha value is -1.71. The number of para-hydroxylation sites is 1. The second-order valence-corrected chi connectivity index (χ2v) is 7.08. The molecule has 0 saturated heterocycles. The number of benzene rings is 3. The van der Waals surface area contributed by atoms with Crippen LogP contribution in [0.3, 0.4) is 0 Å². The lowest BCUT2D eigenvalue weighted by Gasteiger charge is -2.13. The first-order valence-corrected chi connectivity index (χ1v) is 9.35. The van der Waals surface area contributed by atoms with Crippen molar-refractivity contribution in [3.05, 3.63) is 98.5 Å². The van der Waals surface area contributed by atoms with Gasteiger partial charge in [0.2, 0.25) is 0 Å². The average molecular weight is 407 g/mol. The van der Waals surface area contributed by atoms with Gasteiger partial charge in [-0.1, -0.05) is 77.3 Å². The molecule has 0 aromatic heterocycles. The molecule has 3 aromatic carbocycles. The normalized spacial score (nSPS) is 10.7. The van der Waals surface area contributed by atoms with E-state index in [1.54, 1.807) is 6.07 Å². The minimum absolute atomic E-state index is 0.386. The van der Waals surface area contributed by atoms with Crippen molar-refractivity contribution in [2.45, 2.75) is 19.7 Å². The Kier molecular flexibility index (Phi) is 6.81. The van der Waals surface area contributed by atoms with Crippen LogP contribution in [-0.2, 0) is 19.7 Å². The molecule has 0 aliphatic rings. The fourth-order valence-corrected chi connectivity index (χ4v) is 3.22. The number of hydrogen-bond acceptors (Lipinski definition) is 2. The average Bonchev–Trinajstić information content (AvgIpc) is 2.63. The molecule has 0 atom stereocenters. The van der Waals surface area contributed by atoms with E-state index in [0.29, 0.717) is 29.7 Å². The molecule has 3 rings (SSSR count). The van der Waals surface area contributed by atoms with Gasteiger partial charge in [-0.3, -0.25) is 0 Å². The fraction of sp³-hybridized carbons (Fsp3) is 0.143. The molecule has 0 amide bonds. The van der Waals surface area contributed by atoms with Crippen LogP contribution >= 0.6 is 34.8 Å². The maximum absolute atomic E-state index is 6.21. The Morgan fingerprint density at radius 2 is 1.38 bits per heavy atom. The van der Waals surface area contributed by atoms with Crippen LogP contribution in [0.15, 0.2) is 66.7 Å². The molecule has 0 unspecified atom stereocenters. The van der Waals surface area contributed by atoms with Gasteiger partial charge in [0.1, 0.15) is 12.4 Å². The van der Waals surface area contributed by atoms with Crippen molar-refractivity contribution in [1.29, 1.82) is 0 Å². The maximum atomic E-state index is 6.21. The summed E-state index contributed by atoms with van der Waals surface area (Å²) in [5.74, 6) is 0.824. The van der Waals surface area contributed by atoms with Crippen LogP contribution in [0.4, 0.5) is 0 Å². The van der Waals surface area contributed by atoms with Crippen molar-refractivity contribution in [1.82, 2.24) is 5.32 Å². The third-order valence-corrected chi connectivity index (χ3v) is 4.92. The van der Waals surface area contributed by atoms with Gasteiger partial charge in [-0.25, -0.2) is 0 Å². The minimum Gasteiger partial charge on any atom is -0.489 e. The lowest BCUT2D eigenvalue weighted by Crippen LogP contribution is -2.14. The van der Waals surface area contributed by atoms with E-state index in [1.807, 2.05) is 60.7 Å². The van der Waals surface area contributed by atoms with Gasteiger partial charge in [0.15, 0.2) is 0 Å². The minimum atomic E-state index is 0.386. The van der Waals surface area contributed by atoms with Crippen molar-refractivity contribution in [3.8, 4) is 5.75 Å². The second kappa shape index (κ2) is 9.29. The molecule has 5 heteroatoms. The van der Waals surface area contributed by atoms with Gasteiger partial charge in [0.25, 0.3) is 0 Å². The topological polar surface area (TPSA) is 21.3 Å². The molecule has 0 aliphatic carbocycles. The Morgan fingerprint density at radius 3 is 2.15 bits per heavy atom. The number of hydrogen-bond donors (Lipinski definition) is 1. The largest absolute Gasteiger partial charge is 0.489 e. The van der Waals surface area contributed by atoms with Crippen molar-refractivity contribution in [2.75, 3.05) is 0 Å². The van der Waals surface area contributed by atoms with E-state index < -0.39 is 0 Å². The summed E-state index contributed by atoms with van der Waals surface area (Å²) in [5.41, 5.74) is 3.04. The summed E-state index contributed by atoms with van der Waals surface area (Å²) in [7, 11) is 0. The molecular weight excluding hydrogens is 389 g/mol. The summed E-state index contributed by atoms with van der Waals surface area (Å²) in [4.78, 5) is 0. The molecule has 0 spiro atoms. The molecule has 0 fully saturated rings. The number of halogens is 3. The molecule has 0 heterocycles. The summed E-state index contributed by atoms with van der Waals surface area (Å²) in [6, 6.07) is 21.2. The van der Waals surface area contributed by atoms with Gasteiger partial charge in [-0.05, 0) is 29.8 Å². The number of rotatable bonds is 7. The SMILES string of the molecule is Clc1ccc(COc2ccccc2CNCc2ccccc2Cl)c(Cl)c1. The predicted octanol–water partition coefficient (Wildman–Crippen LogP) is 6.52. The van der Waals surface area contributed by atoms with Crippen LogP contribution in [0.2, 0.25) is 15.1 Å². The molecular formula is C21H18Cl3NO. The molecule has 2 nitrogen and oxygen atoms in total. The second-order valence-electron chi connectivity index (χ2n) is 5.83. The smallest absolute Gasteiger partial charge is 0.124 e. The standard InChI is InChI=1S/C21H18Cl3NO/c22-18-10-9-17(20(24)11-18)14-26-21-8-4-2-6-16(21)13-25-12-15-5-1-3-7-19(15)23/h1-11,25H,12-14H2. The van der Waals surface area contributed by atoms with Crippen LogP contribution < -0.4 is 10.1 Å². The molecule has 0 radical (unpaired) electrons. The van der Waals surface area contributed by atoms with Crippen LogP contribution in [0.5, 0.6) is 5.75 Å². The molecule has 1 N–H and O–H groups in total. The monoisotopic (exact) mass is 405 g/mol. The predicted molar refractivity (Wildman–Crippen MR) is 109 cm³/mol. The first-order chi connectivity index (χ1) is 12.6. The summed E-state index contributed by atoms with van der Waals surface area (Å²) < 4.78 is 5.98. The first kappa shape index (κ1) is 19.1. The number of nitrogens with one attached hydrogen (secondary N) is 1. The van der Waals surface area contributed by atoms with Crippen LogP contribution in [0.1, 0.15) is 16.7 Å². The van der Waals surface area contributed by atoms with Gasteiger partial charge in [0, 0.05) is 39.3 Å². The molecule has 0 bridgehead atoms. The van der Waals surface area contributed by atoms with E-state index >= 15 is 0 Å². The number of ether oxygens (including phenoxy) is 1. The van der Waals surface area contributed by atoms with Crippen molar-refractivity contribution in [3.63, 3.8) is 0 Å². The zero-order valence-electron chi connectivity index (χ0n) is 14.0.